The van der Waals surface area contributed by atoms with Gasteiger partial charge in [0.05, 0.1) is 25.0 Å². The summed E-state index contributed by atoms with van der Waals surface area (Å²) in [6.07, 6.45) is 6.55. The predicted octanol–water partition coefficient (Wildman–Crippen LogP) is 2.70. The first-order valence-electron chi connectivity index (χ1n) is 13.2. The molecule has 2 amide bonds. The fourth-order valence-corrected chi connectivity index (χ4v) is 5.25. The Morgan fingerprint density at radius 3 is 2.83 bits per heavy atom. The number of nitrogens with zero attached hydrogens (tertiary/aromatic N) is 3. The SMILES string of the molecule is CCCCOc1c2n(cc(C(=O)NCc3ccc(F)cc3F)c1=O)[C@@H]1CN(C2=O)[C@@H](C)C=C[C@]12CC(CO)=NO2. The van der Waals surface area contributed by atoms with Gasteiger partial charge in [-0.2, -0.15) is 0 Å². The Labute approximate surface area is 228 Å². The standard InChI is InChI=1S/C28H30F2N4O6/c1-3-4-9-39-25-23-27(38)33-14-22(28(8-7-16(33)2)11-19(15-35)32-40-28)34(23)13-20(24(25)36)26(37)31-12-17-5-6-18(29)10-21(17)30/h5-8,10,13,16,22,35H,3-4,9,11-12,14-15H2,1-2H3,(H,31,37)/t16-,22+,28-/m0/s1. The Balaban J connectivity index is 1.60. The van der Waals surface area contributed by atoms with Crippen LogP contribution in [-0.4, -0.2) is 63.5 Å². The molecule has 3 aliphatic heterocycles. The molecule has 1 spiro atoms. The molecular weight excluding hydrogens is 526 g/mol. The molecule has 0 saturated heterocycles. The number of nitrogens with one attached hydrogen (secondary N) is 1. The van der Waals surface area contributed by atoms with Crippen LogP contribution in [0.15, 0.2) is 46.5 Å². The molecule has 40 heavy (non-hydrogen) atoms. The third kappa shape index (κ3) is 4.76. The van der Waals surface area contributed by atoms with Gasteiger partial charge in [-0.1, -0.05) is 30.6 Å². The summed E-state index contributed by atoms with van der Waals surface area (Å²) >= 11 is 0. The van der Waals surface area contributed by atoms with Crippen LogP contribution in [0, 0.1) is 11.6 Å². The summed E-state index contributed by atoms with van der Waals surface area (Å²) in [5, 5.41) is 16.3. The molecule has 12 heteroatoms. The fraction of sp³-hybridized carbons (Fsp3) is 0.429. The van der Waals surface area contributed by atoms with Crippen LogP contribution >= 0.6 is 0 Å². The Hall–Kier alpha value is -4.06. The Morgan fingerprint density at radius 1 is 1.32 bits per heavy atom. The lowest BCUT2D eigenvalue weighted by molar-refractivity contribution is -0.0317. The van der Waals surface area contributed by atoms with Crippen molar-refractivity contribution in [3.8, 4) is 5.75 Å². The second-order valence-corrected chi connectivity index (χ2v) is 10.2. The van der Waals surface area contributed by atoms with E-state index in [-0.39, 0.29) is 61.3 Å². The number of ether oxygens (including phenoxy) is 1. The highest BCUT2D eigenvalue weighted by molar-refractivity contribution is 5.99. The maximum absolute atomic E-state index is 14.2. The lowest BCUT2D eigenvalue weighted by atomic mass is 9.87. The molecule has 2 aromatic rings. The highest BCUT2D eigenvalue weighted by Crippen LogP contribution is 2.43. The number of benzene rings is 1. The van der Waals surface area contributed by atoms with Crippen LogP contribution in [0.25, 0.3) is 0 Å². The van der Waals surface area contributed by atoms with Crippen molar-refractivity contribution in [1.29, 1.82) is 0 Å². The van der Waals surface area contributed by atoms with E-state index in [1.165, 1.54) is 16.8 Å². The molecule has 0 fully saturated rings. The van der Waals surface area contributed by atoms with Crippen LogP contribution < -0.4 is 15.5 Å². The van der Waals surface area contributed by atoms with Crippen LogP contribution in [0.5, 0.6) is 5.75 Å². The molecule has 2 N–H and O–H groups in total. The van der Waals surface area contributed by atoms with Crippen molar-refractivity contribution in [3.05, 3.63) is 75.2 Å². The first kappa shape index (κ1) is 27.5. The average Bonchev–Trinajstić information content (AvgIpc) is 3.31. The summed E-state index contributed by atoms with van der Waals surface area (Å²) in [4.78, 5) is 48.2. The number of halogens is 2. The van der Waals surface area contributed by atoms with Crippen molar-refractivity contribution < 1.29 is 33.1 Å². The van der Waals surface area contributed by atoms with Gasteiger partial charge in [0.15, 0.2) is 17.0 Å². The molecule has 10 nitrogen and oxygen atoms in total. The molecule has 0 aliphatic carbocycles. The minimum Gasteiger partial charge on any atom is -0.487 e. The lowest BCUT2D eigenvalue weighted by Crippen LogP contribution is -2.53. The number of aliphatic hydroxyl groups excluding tert-OH is 1. The van der Waals surface area contributed by atoms with Crippen molar-refractivity contribution in [3.63, 3.8) is 0 Å². The quantitative estimate of drug-likeness (QED) is 0.381. The van der Waals surface area contributed by atoms with Gasteiger partial charge in [0.1, 0.15) is 17.2 Å². The number of carbonyl (C=O) groups is 2. The summed E-state index contributed by atoms with van der Waals surface area (Å²) in [5.74, 6) is -3.09. The Morgan fingerprint density at radius 2 is 2.12 bits per heavy atom. The largest absolute Gasteiger partial charge is 0.487 e. The first-order valence-corrected chi connectivity index (χ1v) is 13.2. The normalized spacial score (nSPS) is 23.0. The molecule has 2 bridgehead atoms. The highest BCUT2D eigenvalue weighted by atomic mass is 19.1. The summed E-state index contributed by atoms with van der Waals surface area (Å²) in [6, 6.07) is 2.02. The number of rotatable bonds is 8. The molecule has 3 atom stereocenters. The molecule has 0 radical (unpaired) electrons. The summed E-state index contributed by atoms with van der Waals surface area (Å²) in [5.41, 5.74) is -1.72. The van der Waals surface area contributed by atoms with Gasteiger partial charge in [-0.15, -0.1) is 0 Å². The smallest absolute Gasteiger partial charge is 0.275 e. The monoisotopic (exact) mass is 556 g/mol. The van der Waals surface area contributed by atoms with Crippen LogP contribution in [-0.2, 0) is 11.4 Å². The molecule has 1 aromatic carbocycles. The number of aliphatic hydroxyl groups is 1. The van der Waals surface area contributed by atoms with Crippen LogP contribution in [0.4, 0.5) is 8.78 Å². The van der Waals surface area contributed by atoms with Gasteiger partial charge in [0, 0.05) is 43.4 Å². The summed E-state index contributed by atoms with van der Waals surface area (Å²) in [6.45, 7) is 3.52. The van der Waals surface area contributed by atoms with Gasteiger partial charge >= 0.3 is 0 Å². The van der Waals surface area contributed by atoms with E-state index in [1.807, 2.05) is 26.0 Å². The Bertz CT molecular complexity index is 1470. The lowest BCUT2D eigenvalue weighted by Gasteiger charge is -2.42. The maximum atomic E-state index is 14.2. The molecule has 3 aliphatic rings. The van der Waals surface area contributed by atoms with Crippen LogP contribution in [0.1, 0.15) is 65.6 Å². The van der Waals surface area contributed by atoms with E-state index < -0.39 is 40.5 Å². The number of hydrogen-bond donors (Lipinski definition) is 2. The zero-order chi connectivity index (χ0) is 28.6. The average molecular weight is 557 g/mol. The fourth-order valence-electron chi connectivity index (χ4n) is 5.25. The second kappa shape index (κ2) is 10.8. The number of unbranched alkanes of at least 4 members (excludes halogenated alkanes) is 1. The van der Waals surface area contributed by atoms with Gasteiger partial charge in [0.25, 0.3) is 11.8 Å². The van der Waals surface area contributed by atoms with Gasteiger partial charge in [0.2, 0.25) is 5.43 Å². The van der Waals surface area contributed by atoms with Crippen molar-refractivity contribution in [1.82, 2.24) is 14.8 Å². The first-order chi connectivity index (χ1) is 19.2. The minimum absolute atomic E-state index is 0.00513. The van der Waals surface area contributed by atoms with E-state index >= 15 is 0 Å². The number of carbonyl (C=O) groups excluding carboxylic acids is 2. The van der Waals surface area contributed by atoms with E-state index in [2.05, 4.69) is 10.5 Å². The van der Waals surface area contributed by atoms with E-state index in [1.54, 1.807) is 4.90 Å². The van der Waals surface area contributed by atoms with Crippen LogP contribution in [0.3, 0.4) is 0 Å². The van der Waals surface area contributed by atoms with E-state index in [9.17, 15) is 28.3 Å². The maximum Gasteiger partial charge on any atom is 0.275 e. The molecule has 0 unspecified atom stereocenters. The number of pyridine rings is 1. The number of oxime groups is 1. The zero-order valence-corrected chi connectivity index (χ0v) is 22.2. The zero-order valence-electron chi connectivity index (χ0n) is 22.2. The summed E-state index contributed by atoms with van der Waals surface area (Å²) < 4.78 is 34.9. The van der Waals surface area contributed by atoms with Crippen LogP contribution in [0.2, 0.25) is 0 Å². The molecule has 212 valence electrons. The molecule has 4 heterocycles. The topological polar surface area (TPSA) is 122 Å². The summed E-state index contributed by atoms with van der Waals surface area (Å²) in [7, 11) is 0. The van der Waals surface area contributed by atoms with E-state index in [4.69, 9.17) is 9.57 Å². The van der Waals surface area contributed by atoms with Crippen molar-refractivity contribution in [2.24, 2.45) is 5.16 Å². The molecule has 5 rings (SSSR count). The third-order valence-electron chi connectivity index (χ3n) is 7.52. The van der Waals surface area contributed by atoms with Crippen molar-refractivity contribution >= 4 is 17.5 Å². The number of hydrogen-bond acceptors (Lipinski definition) is 7. The van der Waals surface area contributed by atoms with Gasteiger partial charge < -0.3 is 29.5 Å². The number of aromatic nitrogens is 1. The van der Waals surface area contributed by atoms with Gasteiger partial charge in [-0.05, 0) is 25.5 Å². The van der Waals surface area contributed by atoms with E-state index in [0.29, 0.717) is 18.2 Å². The molecule has 0 saturated carbocycles. The Kier molecular flexibility index (Phi) is 7.45. The van der Waals surface area contributed by atoms with Crippen molar-refractivity contribution in [2.45, 2.75) is 57.3 Å². The highest BCUT2D eigenvalue weighted by Gasteiger charge is 2.52. The minimum atomic E-state index is -1.09. The number of amides is 2. The predicted molar refractivity (Wildman–Crippen MR) is 140 cm³/mol. The van der Waals surface area contributed by atoms with Gasteiger partial charge in [-0.25, -0.2) is 8.78 Å². The van der Waals surface area contributed by atoms with Gasteiger partial charge in [-0.3, -0.25) is 14.4 Å². The van der Waals surface area contributed by atoms with Crippen molar-refractivity contribution in [2.75, 3.05) is 19.8 Å². The van der Waals surface area contributed by atoms with E-state index in [0.717, 1.165) is 12.5 Å². The molecular formula is C28H30F2N4O6. The number of fused-ring (bicyclic) bond motifs is 5. The second-order valence-electron chi connectivity index (χ2n) is 10.2. The molecule has 1 aromatic heterocycles. The third-order valence-corrected chi connectivity index (χ3v) is 7.52.